The number of nitrogens with two attached hydrogens (primary N) is 1. The van der Waals surface area contributed by atoms with Gasteiger partial charge in [0.25, 0.3) is 5.91 Å². The highest BCUT2D eigenvalue weighted by Crippen LogP contribution is 2.22. The smallest absolute Gasteiger partial charge is 0.280 e. The number of rotatable bonds is 5. The third-order valence-corrected chi connectivity index (χ3v) is 3.53. The van der Waals surface area contributed by atoms with Gasteiger partial charge in [-0.25, -0.2) is 0 Å². The van der Waals surface area contributed by atoms with Crippen LogP contribution in [0.3, 0.4) is 0 Å². The van der Waals surface area contributed by atoms with Gasteiger partial charge in [-0.15, -0.1) is 0 Å². The van der Waals surface area contributed by atoms with Crippen molar-refractivity contribution in [3.63, 3.8) is 0 Å². The van der Waals surface area contributed by atoms with Crippen LogP contribution in [0.15, 0.2) is 59.1 Å². The summed E-state index contributed by atoms with van der Waals surface area (Å²) < 4.78 is 10.1. The molecule has 0 bridgehead atoms. The Labute approximate surface area is 143 Å². The summed E-state index contributed by atoms with van der Waals surface area (Å²) in [6, 6.07) is 15.3. The van der Waals surface area contributed by atoms with E-state index in [2.05, 4.69) is 10.5 Å². The maximum atomic E-state index is 12.5. The number of nitrogen functional groups attached to an aromatic ring is 1. The molecule has 0 radical (unpaired) electrons. The minimum atomic E-state index is -0.554. The Morgan fingerprint density at radius 3 is 2.40 bits per heavy atom. The summed E-state index contributed by atoms with van der Waals surface area (Å²) in [6.45, 7) is 0. The van der Waals surface area contributed by atoms with Crippen molar-refractivity contribution in [2.75, 3.05) is 18.2 Å². The molecule has 25 heavy (non-hydrogen) atoms. The number of ether oxygens (including phenoxy) is 1. The number of amides is 1. The van der Waals surface area contributed by atoms with E-state index in [1.807, 2.05) is 6.07 Å². The molecule has 0 atom stereocenters. The highest BCUT2D eigenvalue weighted by molar-refractivity contribution is 6.14. The number of anilines is 2. The minimum absolute atomic E-state index is 0.103. The number of hydrogen-bond acceptors (Lipinski definition) is 6. The molecule has 0 saturated heterocycles. The molecule has 0 aliphatic carbocycles. The van der Waals surface area contributed by atoms with E-state index in [0.29, 0.717) is 17.0 Å². The Kier molecular flexibility index (Phi) is 4.47. The fraction of sp³-hybridized carbons (Fsp3) is 0.0556. The highest BCUT2D eigenvalue weighted by atomic mass is 16.5. The molecule has 0 saturated carbocycles. The van der Waals surface area contributed by atoms with Crippen LogP contribution in [-0.2, 0) is 0 Å². The number of ketones is 1. The van der Waals surface area contributed by atoms with E-state index in [1.165, 1.54) is 7.11 Å². The summed E-state index contributed by atoms with van der Waals surface area (Å²) >= 11 is 0. The Hall–Kier alpha value is -3.61. The lowest BCUT2D eigenvalue weighted by atomic mass is 10.1. The Bertz CT molecular complexity index is 902. The van der Waals surface area contributed by atoms with Gasteiger partial charge in [-0.1, -0.05) is 23.4 Å². The molecule has 0 unspecified atom stereocenters. The van der Waals surface area contributed by atoms with Crippen molar-refractivity contribution < 1.29 is 18.8 Å². The first-order valence-electron chi connectivity index (χ1n) is 7.40. The molecule has 1 aromatic heterocycles. The molecule has 0 spiro atoms. The lowest BCUT2D eigenvalue weighted by Gasteiger charge is -2.03. The van der Waals surface area contributed by atoms with Crippen LogP contribution in [0.2, 0.25) is 0 Å². The summed E-state index contributed by atoms with van der Waals surface area (Å²) in [5.41, 5.74) is 6.58. The van der Waals surface area contributed by atoms with Crippen molar-refractivity contribution in [3.05, 3.63) is 71.6 Å². The van der Waals surface area contributed by atoms with Crippen molar-refractivity contribution in [2.24, 2.45) is 0 Å². The standard InChI is InChI=1S/C18H15N3O4/c1-24-13-9-7-11(8-10-13)16(22)17-14(19)15(21-25-17)18(23)20-12-5-3-2-4-6-12/h2-10H,19H2,1H3,(H,20,23). The maximum absolute atomic E-state index is 12.5. The second-order valence-electron chi connectivity index (χ2n) is 5.15. The summed E-state index contributed by atoms with van der Waals surface area (Å²) in [4.78, 5) is 24.7. The van der Waals surface area contributed by atoms with E-state index < -0.39 is 11.7 Å². The molecule has 3 aromatic rings. The van der Waals surface area contributed by atoms with Crippen LogP contribution in [0.1, 0.15) is 26.6 Å². The highest BCUT2D eigenvalue weighted by Gasteiger charge is 2.25. The molecule has 2 aromatic carbocycles. The number of aromatic nitrogens is 1. The number of benzene rings is 2. The molecular formula is C18H15N3O4. The van der Waals surface area contributed by atoms with Crippen molar-refractivity contribution in [3.8, 4) is 5.75 Å². The number of carbonyl (C=O) groups excluding carboxylic acids is 2. The van der Waals surface area contributed by atoms with Crippen LogP contribution in [0.5, 0.6) is 5.75 Å². The first-order valence-corrected chi connectivity index (χ1v) is 7.40. The number of methoxy groups -OCH3 is 1. The maximum Gasteiger partial charge on any atom is 0.280 e. The van der Waals surface area contributed by atoms with E-state index >= 15 is 0 Å². The predicted octanol–water partition coefficient (Wildman–Crippen LogP) is 2.75. The van der Waals surface area contributed by atoms with E-state index in [-0.39, 0.29) is 17.1 Å². The number of para-hydroxylation sites is 1. The van der Waals surface area contributed by atoms with Crippen LogP contribution < -0.4 is 15.8 Å². The van der Waals surface area contributed by atoms with Gasteiger partial charge in [-0.2, -0.15) is 0 Å². The van der Waals surface area contributed by atoms with Crippen LogP contribution in [0, 0.1) is 0 Å². The Morgan fingerprint density at radius 2 is 1.76 bits per heavy atom. The predicted molar refractivity (Wildman–Crippen MR) is 91.7 cm³/mol. The van der Waals surface area contributed by atoms with Gasteiger partial charge >= 0.3 is 0 Å². The van der Waals surface area contributed by atoms with E-state index in [0.717, 1.165) is 0 Å². The SMILES string of the molecule is COc1ccc(C(=O)c2onc(C(=O)Nc3ccccc3)c2N)cc1. The third-order valence-electron chi connectivity index (χ3n) is 3.53. The van der Waals surface area contributed by atoms with Crippen LogP contribution in [0.4, 0.5) is 11.4 Å². The summed E-state index contributed by atoms with van der Waals surface area (Å²) in [6.07, 6.45) is 0. The second-order valence-corrected chi connectivity index (χ2v) is 5.15. The van der Waals surface area contributed by atoms with Crippen molar-refractivity contribution in [1.82, 2.24) is 5.16 Å². The molecule has 0 aliphatic rings. The zero-order chi connectivity index (χ0) is 17.8. The van der Waals surface area contributed by atoms with Gasteiger partial charge in [0, 0.05) is 11.3 Å². The molecule has 7 heteroatoms. The van der Waals surface area contributed by atoms with Gasteiger partial charge in [0.15, 0.2) is 5.69 Å². The minimum Gasteiger partial charge on any atom is -0.497 e. The fourth-order valence-electron chi connectivity index (χ4n) is 2.21. The number of carbonyl (C=O) groups is 2. The normalized spacial score (nSPS) is 10.3. The summed E-state index contributed by atoms with van der Waals surface area (Å²) in [5.74, 6) is -0.582. The van der Waals surface area contributed by atoms with Gasteiger partial charge in [0.1, 0.15) is 11.4 Å². The molecule has 3 N–H and O–H groups in total. The van der Waals surface area contributed by atoms with Crippen molar-refractivity contribution >= 4 is 23.1 Å². The Balaban J connectivity index is 1.82. The quantitative estimate of drug-likeness (QED) is 0.693. The fourth-order valence-corrected chi connectivity index (χ4v) is 2.21. The molecule has 126 valence electrons. The topological polar surface area (TPSA) is 107 Å². The zero-order valence-electron chi connectivity index (χ0n) is 13.4. The monoisotopic (exact) mass is 337 g/mol. The van der Waals surface area contributed by atoms with Gasteiger partial charge in [0.05, 0.1) is 7.11 Å². The third kappa shape index (κ3) is 3.35. The molecule has 7 nitrogen and oxygen atoms in total. The molecule has 0 aliphatic heterocycles. The molecule has 0 fully saturated rings. The number of hydrogen-bond donors (Lipinski definition) is 2. The molecule has 1 heterocycles. The second kappa shape index (κ2) is 6.88. The van der Waals surface area contributed by atoms with Crippen molar-refractivity contribution in [2.45, 2.75) is 0 Å². The lowest BCUT2D eigenvalue weighted by Crippen LogP contribution is -2.14. The van der Waals surface area contributed by atoms with Gasteiger partial charge in [0.2, 0.25) is 11.5 Å². The van der Waals surface area contributed by atoms with Gasteiger partial charge in [-0.05, 0) is 36.4 Å². The summed E-state index contributed by atoms with van der Waals surface area (Å²) in [7, 11) is 1.53. The average Bonchev–Trinajstić information content (AvgIpc) is 3.03. The average molecular weight is 337 g/mol. The van der Waals surface area contributed by atoms with E-state index in [1.54, 1.807) is 48.5 Å². The van der Waals surface area contributed by atoms with Gasteiger partial charge in [-0.3, -0.25) is 9.59 Å². The van der Waals surface area contributed by atoms with Crippen molar-refractivity contribution in [1.29, 1.82) is 0 Å². The Morgan fingerprint density at radius 1 is 1.08 bits per heavy atom. The lowest BCUT2D eigenvalue weighted by molar-refractivity contribution is 0.0990. The van der Waals surface area contributed by atoms with E-state index in [4.69, 9.17) is 15.0 Å². The van der Waals surface area contributed by atoms with Crippen LogP contribution in [0.25, 0.3) is 0 Å². The summed E-state index contributed by atoms with van der Waals surface area (Å²) in [5, 5.41) is 6.27. The first kappa shape index (κ1) is 16.3. The largest absolute Gasteiger partial charge is 0.497 e. The number of nitrogens with zero attached hydrogens (tertiary/aromatic N) is 1. The van der Waals surface area contributed by atoms with Crippen LogP contribution in [-0.4, -0.2) is 24.0 Å². The molecule has 1 amide bonds. The van der Waals surface area contributed by atoms with Gasteiger partial charge < -0.3 is 20.3 Å². The molecule has 3 rings (SSSR count). The first-order chi connectivity index (χ1) is 12.1. The zero-order valence-corrected chi connectivity index (χ0v) is 13.4. The van der Waals surface area contributed by atoms with E-state index in [9.17, 15) is 9.59 Å². The molecular weight excluding hydrogens is 322 g/mol. The van der Waals surface area contributed by atoms with Crippen LogP contribution >= 0.6 is 0 Å². The number of nitrogens with one attached hydrogen (secondary N) is 1.